The molecule has 11 heteroatoms. The lowest BCUT2D eigenvalue weighted by Gasteiger charge is -2.14. The predicted octanol–water partition coefficient (Wildman–Crippen LogP) is 5.18. The predicted molar refractivity (Wildman–Crippen MR) is 117 cm³/mol. The fourth-order valence-electron chi connectivity index (χ4n) is 3.18. The van der Waals surface area contributed by atoms with Gasteiger partial charge in [-0.2, -0.15) is 18.3 Å². The number of hydrogen-bond donors (Lipinski definition) is 0. The van der Waals surface area contributed by atoms with E-state index in [2.05, 4.69) is 15.3 Å². The molecule has 4 aromatic rings. The van der Waals surface area contributed by atoms with E-state index in [9.17, 15) is 18.0 Å². The van der Waals surface area contributed by atoms with Crippen molar-refractivity contribution >= 4 is 23.4 Å². The van der Waals surface area contributed by atoms with E-state index in [1.165, 1.54) is 39.2 Å². The molecule has 6 nitrogen and oxygen atoms in total. The molecule has 2 aromatic carbocycles. The molecule has 0 aliphatic rings. The summed E-state index contributed by atoms with van der Waals surface area (Å²) < 4.78 is 42.7. The Morgan fingerprint density at radius 3 is 2.47 bits per heavy atom. The third-order valence-electron chi connectivity index (χ3n) is 4.65. The molecule has 0 spiro atoms. The molecule has 0 aliphatic heterocycles. The number of para-hydroxylation sites is 1. The van der Waals surface area contributed by atoms with Gasteiger partial charge < -0.3 is 0 Å². The number of alkyl halides is 3. The number of halogens is 4. The molecule has 0 saturated heterocycles. The Labute approximate surface area is 189 Å². The van der Waals surface area contributed by atoms with Crippen LogP contribution < -0.4 is 5.43 Å². The number of hydrogen-bond acceptors (Lipinski definition) is 5. The van der Waals surface area contributed by atoms with Crippen LogP contribution in [-0.2, 0) is 6.18 Å². The molecule has 0 bridgehead atoms. The summed E-state index contributed by atoms with van der Waals surface area (Å²) in [5.41, 5.74) is -0.104. The summed E-state index contributed by atoms with van der Waals surface area (Å²) in [4.78, 5) is 12.8. The van der Waals surface area contributed by atoms with Gasteiger partial charge in [-0.05, 0) is 43.5 Å². The molecule has 0 amide bonds. The Hall–Kier alpha value is -3.11. The van der Waals surface area contributed by atoms with Crippen LogP contribution in [0.3, 0.4) is 0 Å². The van der Waals surface area contributed by atoms with Crippen LogP contribution in [0.1, 0.15) is 11.3 Å². The van der Waals surface area contributed by atoms with Gasteiger partial charge in [0.05, 0.1) is 22.0 Å². The van der Waals surface area contributed by atoms with Crippen molar-refractivity contribution in [2.24, 2.45) is 0 Å². The quantitative estimate of drug-likeness (QED) is 0.379. The molecule has 0 aliphatic carbocycles. The topological polar surface area (TPSA) is 65.6 Å². The highest BCUT2D eigenvalue weighted by Gasteiger charge is 2.31. The van der Waals surface area contributed by atoms with Gasteiger partial charge in [0.1, 0.15) is 0 Å². The van der Waals surface area contributed by atoms with Gasteiger partial charge in [0.15, 0.2) is 16.7 Å². The van der Waals surface area contributed by atoms with Gasteiger partial charge in [-0.1, -0.05) is 41.6 Å². The van der Waals surface area contributed by atoms with E-state index in [1.54, 1.807) is 37.4 Å². The van der Waals surface area contributed by atoms with Crippen molar-refractivity contribution in [1.82, 2.24) is 24.5 Å². The van der Waals surface area contributed by atoms with Gasteiger partial charge >= 0.3 is 6.18 Å². The summed E-state index contributed by atoms with van der Waals surface area (Å²) in [6.07, 6.45) is -2.81. The summed E-state index contributed by atoms with van der Waals surface area (Å²) in [5, 5.41) is 13.3. The molecule has 0 radical (unpaired) electrons. The number of nitrogens with zero attached hydrogens (tertiary/aromatic N) is 5. The Morgan fingerprint density at radius 1 is 1.03 bits per heavy atom. The first-order chi connectivity index (χ1) is 15.2. The van der Waals surface area contributed by atoms with Crippen molar-refractivity contribution in [2.45, 2.75) is 18.3 Å². The Morgan fingerprint density at radius 2 is 1.78 bits per heavy atom. The lowest BCUT2D eigenvalue weighted by Crippen LogP contribution is -2.18. The third-order valence-corrected chi connectivity index (χ3v) is 5.60. The molecule has 2 heterocycles. The number of benzene rings is 2. The molecule has 4 rings (SSSR count). The maximum Gasteiger partial charge on any atom is 0.416 e. The van der Waals surface area contributed by atoms with Crippen molar-refractivity contribution in [3.8, 4) is 22.9 Å². The van der Waals surface area contributed by atoms with Gasteiger partial charge in [-0.25, -0.2) is 4.68 Å². The van der Waals surface area contributed by atoms with E-state index >= 15 is 0 Å². The molecule has 0 fully saturated rings. The molecule has 0 N–H and O–H groups in total. The van der Waals surface area contributed by atoms with Crippen molar-refractivity contribution in [3.63, 3.8) is 0 Å². The number of aryl methyl sites for hydroxylation is 1. The van der Waals surface area contributed by atoms with Gasteiger partial charge in [0.2, 0.25) is 5.43 Å². The van der Waals surface area contributed by atoms with Crippen LogP contribution >= 0.6 is 23.4 Å². The third kappa shape index (κ3) is 4.03. The largest absolute Gasteiger partial charge is 0.416 e. The van der Waals surface area contributed by atoms with E-state index in [0.717, 1.165) is 12.1 Å². The average Bonchev–Trinajstić information content (AvgIpc) is 3.18. The lowest BCUT2D eigenvalue weighted by atomic mass is 10.2. The van der Waals surface area contributed by atoms with Crippen molar-refractivity contribution in [3.05, 3.63) is 81.1 Å². The van der Waals surface area contributed by atoms with Gasteiger partial charge in [0.25, 0.3) is 0 Å². The highest BCUT2D eigenvalue weighted by molar-refractivity contribution is 7.98. The summed E-state index contributed by atoms with van der Waals surface area (Å²) in [6, 6.07) is 13.1. The standard InChI is InChI=1S/C21H15ClF3N5OS/c1-12-10-17(31)18(28-30(12)16-9-4-3-8-15(16)22)19-26-27-20(32-2)29(19)14-7-5-6-13(11-14)21(23,24)25/h3-11H,1-2H3. The minimum Gasteiger partial charge on any atom is -0.287 e. The maximum atomic E-state index is 13.3. The van der Waals surface area contributed by atoms with Crippen molar-refractivity contribution in [1.29, 1.82) is 0 Å². The van der Waals surface area contributed by atoms with E-state index in [4.69, 9.17) is 11.6 Å². The zero-order valence-corrected chi connectivity index (χ0v) is 18.3. The van der Waals surface area contributed by atoms with Crippen LogP contribution in [0.5, 0.6) is 0 Å². The molecule has 0 saturated carbocycles. The zero-order chi connectivity index (χ0) is 23.0. The number of rotatable bonds is 4. The average molecular weight is 478 g/mol. The summed E-state index contributed by atoms with van der Waals surface area (Å²) in [6.45, 7) is 1.70. The van der Waals surface area contributed by atoms with E-state index in [0.29, 0.717) is 21.6 Å². The SMILES string of the molecule is CSc1nnc(-c2nn(-c3ccccc3Cl)c(C)cc2=O)n1-c1cccc(C(F)(F)F)c1. The van der Waals surface area contributed by atoms with Crippen LogP contribution in [-0.4, -0.2) is 30.8 Å². The lowest BCUT2D eigenvalue weighted by molar-refractivity contribution is -0.137. The highest BCUT2D eigenvalue weighted by atomic mass is 35.5. The van der Waals surface area contributed by atoms with Gasteiger partial charge in [-0.3, -0.25) is 9.36 Å². The normalized spacial score (nSPS) is 11.7. The smallest absolute Gasteiger partial charge is 0.287 e. The number of aromatic nitrogens is 5. The minimum absolute atomic E-state index is 0.0273. The Bertz CT molecular complexity index is 1370. The maximum absolute atomic E-state index is 13.3. The first-order valence-corrected chi connectivity index (χ1v) is 10.8. The van der Waals surface area contributed by atoms with Crippen molar-refractivity contribution in [2.75, 3.05) is 6.26 Å². The first-order valence-electron chi connectivity index (χ1n) is 9.24. The van der Waals surface area contributed by atoms with Gasteiger partial charge in [-0.15, -0.1) is 10.2 Å². The van der Waals surface area contributed by atoms with Crippen LogP contribution in [0.15, 0.2) is 64.5 Å². The second kappa shape index (κ2) is 8.44. The van der Waals surface area contributed by atoms with Crippen LogP contribution in [0.25, 0.3) is 22.9 Å². The fraction of sp³-hybridized carbons (Fsp3) is 0.143. The second-order valence-corrected chi connectivity index (χ2v) is 7.94. The molecule has 0 atom stereocenters. The van der Waals surface area contributed by atoms with E-state index in [1.807, 2.05) is 0 Å². The van der Waals surface area contributed by atoms with Crippen LogP contribution in [0.2, 0.25) is 5.02 Å². The zero-order valence-electron chi connectivity index (χ0n) is 16.8. The van der Waals surface area contributed by atoms with Gasteiger partial charge in [0, 0.05) is 11.8 Å². The minimum atomic E-state index is -4.53. The first kappa shape index (κ1) is 22.1. The summed E-state index contributed by atoms with van der Waals surface area (Å²) in [7, 11) is 0. The van der Waals surface area contributed by atoms with E-state index in [-0.39, 0.29) is 17.2 Å². The Kier molecular flexibility index (Phi) is 5.83. The molecular weight excluding hydrogens is 463 g/mol. The molecule has 0 unspecified atom stereocenters. The molecule has 2 aromatic heterocycles. The molecular formula is C21H15ClF3N5OS. The fourth-order valence-corrected chi connectivity index (χ4v) is 3.89. The van der Waals surface area contributed by atoms with Crippen LogP contribution in [0, 0.1) is 6.92 Å². The number of thioether (sulfide) groups is 1. The summed E-state index contributed by atoms with van der Waals surface area (Å²) in [5.74, 6) is 0.0273. The monoisotopic (exact) mass is 477 g/mol. The van der Waals surface area contributed by atoms with E-state index < -0.39 is 17.2 Å². The Balaban J connectivity index is 1.96. The van der Waals surface area contributed by atoms with Crippen LogP contribution in [0.4, 0.5) is 13.2 Å². The summed E-state index contributed by atoms with van der Waals surface area (Å²) >= 11 is 7.48. The molecule has 164 valence electrons. The highest BCUT2D eigenvalue weighted by Crippen LogP contribution is 2.32. The van der Waals surface area contributed by atoms with Crippen molar-refractivity contribution < 1.29 is 13.2 Å². The second-order valence-electron chi connectivity index (χ2n) is 6.76. The molecule has 32 heavy (non-hydrogen) atoms.